The van der Waals surface area contributed by atoms with Crippen LogP contribution in [-0.4, -0.2) is 46.6 Å². The maximum atomic E-state index is 12.6. The van der Waals surface area contributed by atoms with Crippen LogP contribution in [0.25, 0.3) is 0 Å². The van der Waals surface area contributed by atoms with E-state index in [-0.39, 0.29) is 63.4 Å². The summed E-state index contributed by atoms with van der Waals surface area (Å²) in [4.78, 5) is 24.6. The van der Waals surface area contributed by atoms with Crippen LogP contribution in [0.1, 0.15) is 127 Å². The molecule has 0 aromatic rings. The Morgan fingerprint density at radius 1 is 0.800 bits per heavy atom. The quantitative estimate of drug-likeness (QED) is 0.379. The maximum absolute atomic E-state index is 12.6. The van der Waals surface area contributed by atoms with Crippen molar-refractivity contribution in [3.8, 4) is 0 Å². The largest absolute Gasteiger partial charge is 0.462 e. The Hall–Kier alpha value is -1.14. The zero-order valence-electron chi connectivity index (χ0n) is 26.9. The highest BCUT2D eigenvalue weighted by Crippen LogP contribution is 2.76. The van der Waals surface area contributed by atoms with Crippen LogP contribution in [0.3, 0.4) is 0 Å². The Morgan fingerprint density at radius 3 is 2.00 bits per heavy atom. The first kappa shape index (κ1) is 30.3. The predicted molar refractivity (Wildman–Crippen MR) is 154 cm³/mol. The molecule has 1 N–H and O–H groups in total. The van der Waals surface area contributed by atoms with Crippen LogP contribution in [0.4, 0.5) is 0 Å². The third-order valence-corrected chi connectivity index (χ3v) is 13.8. The number of carbonyl (C=O) groups excluding carboxylic acids is 2. The molecule has 1 saturated heterocycles. The van der Waals surface area contributed by atoms with Gasteiger partial charge in [-0.05, 0) is 113 Å². The summed E-state index contributed by atoms with van der Waals surface area (Å²) in [5, 5.41) is 10.7. The molecule has 1 heterocycles. The smallest absolute Gasteiger partial charge is 0.302 e. The lowest BCUT2D eigenvalue weighted by molar-refractivity contribution is -0.263. The van der Waals surface area contributed by atoms with E-state index < -0.39 is 5.60 Å². The van der Waals surface area contributed by atoms with E-state index in [0.717, 1.165) is 57.8 Å². The standard InChI is InChI=1S/C34H56O6/c1-20(35)38-24-19-23-22(34(10)18-14-27(40-34)30(5,6)37)11-16-32(23,8)33(9)17-12-25-29(3,4)26(39-21(2)36)13-15-31(25,7)28(24)33/h22-28,37H,11-19H2,1-10H3/t22-,23?,24?,25?,26+,27-,28?,31-,32+,33+,34?/m0/s1. The van der Waals surface area contributed by atoms with Gasteiger partial charge in [-0.25, -0.2) is 0 Å². The summed E-state index contributed by atoms with van der Waals surface area (Å²) in [7, 11) is 0. The second kappa shape index (κ2) is 9.43. The monoisotopic (exact) mass is 560 g/mol. The zero-order valence-corrected chi connectivity index (χ0v) is 26.9. The van der Waals surface area contributed by atoms with Crippen molar-refractivity contribution < 1.29 is 28.9 Å². The van der Waals surface area contributed by atoms with Crippen molar-refractivity contribution in [2.24, 2.45) is 45.3 Å². The van der Waals surface area contributed by atoms with Crippen LogP contribution in [0.5, 0.6) is 0 Å². The van der Waals surface area contributed by atoms with Gasteiger partial charge in [-0.2, -0.15) is 0 Å². The molecule has 5 unspecified atom stereocenters. The van der Waals surface area contributed by atoms with Crippen LogP contribution in [0, 0.1) is 45.3 Å². The molecule has 4 saturated carbocycles. The number of aliphatic hydroxyl groups is 1. The Kier molecular flexibility index (Phi) is 7.15. The third kappa shape index (κ3) is 4.31. The Balaban J connectivity index is 1.52. The van der Waals surface area contributed by atoms with Crippen LogP contribution >= 0.6 is 0 Å². The number of hydrogen-bond acceptors (Lipinski definition) is 6. The second-order valence-electron chi connectivity index (χ2n) is 16.6. The van der Waals surface area contributed by atoms with Gasteiger partial charge in [0.1, 0.15) is 12.2 Å². The average molecular weight is 561 g/mol. The number of esters is 2. The molecule has 40 heavy (non-hydrogen) atoms. The molecule has 4 aliphatic carbocycles. The third-order valence-electron chi connectivity index (χ3n) is 13.8. The van der Waals surface area contributed by atoms with Crippen molar-refractivity contribution in [2.45, 2.75) is 157 Å². The van der Waals surface area contributed by atoms with Gasteiger partial charge in [0.25, 0.3) is 0 Å². The van der Waals surface area contributed by atoms with Gasteiger partial charge in [0.2, 0.25) is 0 Å². The van der Waals surface area contributed by atoms with Gasteiger partial charge in [-0.3, -0.25) is 9.59 Å². The number of rotatable bonds is 4. The maximum Gasteiger partial charge on any atom is 0.302 e. The zero-order chi connectivity index (χ0) is 29.7. The van der Waals surface area contributed by atoms with Crippen LogP contribution in [0.15, 0.2) is 0 Å². The summed E-state index contributed by atoms with van der Waals surface area (Å²) in [6, 6.07) is 0. The topological polar surface area (TPSA) is 82.1 Å². The van der Waals surface area contributed by atoms with Crippen molar-refractivity contribution in [2.75, 3.05) is 0 Å². The minimum absolute atomic E-state index is 0.0148. The first-order valence-corrected chi connectivity index (χ1v) is 16.0. The molecule has 5 rings (SSSR count). The highest BCUT2D eigenvalue weighted by molar-refractivity contribution is 5.66. The molecule has 0 amide bonds. The average Bonchev–Trinajstić information content (AvgIpc) is 3.37. The van der Waals surface area contributed by atoms with Gasteiger partial charge in [0.15, 0.2) is 0 Å². The van der Waals surface area contributed by atoms with Crippen LogP contribution in [0.2, 0.25) is 0 Å². The molecule has 1 aliphatic heterocycles. The molecule has 6 nitrogen and oxygen atoms in total. The number of ether oxygens (including phenoxy) is 3. The van der Waals surface area contributed by atoms with Crippen molar-refractivity contribution in [3.63, 3.8) is 0 Å². The highest BCUT2D eigenvalue weighted by atomic mass is 16.5. The molecule has 0 radical (unpaired) electrons. The van der Waals surface area contributed by atoms with Gasteiger partial charge in [-0.15, -0.1) is 0 Å². The lowest BCUT2D eigenvalue weighted by Crippen LogP contribution is -2.68. The predicted octanol–water partition coefficient (Wildman–Crippen LogP) is 6.85. The molecule has 5 aliphatic rings. The number of fused-ring (bicyclic) bond motifs is 5. The molecular weight excluding hydrogens is 504 g/mol. The number of hydrogen-bond donors (Lipinski definition) is 1. The normalized spacial score (nSPS) is 49.9. The van der Waals surface area contributed by atoms with E-state index in [1.165, 1.54) is 6.92 Å². The molecule has 228 valence electrons. The highest BCUT2D eigenvalue weighted by Gasteiger charge is 2.73. The summed E-state index contributed by atoms with van der Waals surface area (Å²) in [5.74, 6) is 1.03. The summed E-state index contributed by atoms with van der Waals surface area (Å²) in [5.41, 5.74) is -1.16. The minimum Gasteiger partial charge on any atom is -0.462 e. The van der Waals surface area contributed by atoms with E-state index >= 15 is 0 Å². The van der Waals surface area contributed by atoms with E-state index in [4.69, 9.17) is 14.2 Å². The number of carbonyl (C=O) groups is 2. The molecule has 0 spiro atoms. The summed E-state index contributed by atoms with van der Waals surface area (Å²) in [6.07, 6.45) is 8.66. The first-order valence-electron chi connectivity index (χ1n) is 16.0. The Bertz CT molecular complexity index is 1030. The minimum atomic E-state index is -0.853. The Morgan fingerprint density at radius 2 is 1.43 bits per heavy atom. The first-order chi connectivity index (χ1) is 18.3. The van der Waals surface area contributed by atoms with E-state index in [0.29, 0.717) is 17.8 Å². The molecule has 5 fully saturated rings. The van der Waals surface area contributed by atoms with Gasteiger partial charge in [0, 0.05) is 25.2 Å². The van der Waals surface area contributed by atoms with E-state index in [1.54, 1.807) is 6.92 Å². The van der Waals surface area contributed by atoms with Gasteiger partial charge >= 0.3 is 11.9 Å². The lowest BCUT2D eigenvalue weighted by atomic mass is 9.35. The fourth-order valence-corrected chi connectivity index (χ4v) is 11.8. The molecule has 0 bridgehead atoms. The van der Waals surface area contributed by atoms with Crippen molar-refractivity contribution in [1.29, 1.82) is 0 Å². The molecule has 6 heteroatoms. The van der Waals surface area contributed by atoms with Crippen LogP contribution < -0.4 is 0 Å². The molecule has 0 aromatic carbocycles. The summed E-state index contributed by atoms with van der Waals surface area (Å²) in [6.45, 7) is 21.2. The molecule has 11 atom stereocenters. The van der Waals surface area contributed by atoms with Crippen LogP contribution in [-0.2, 0) is 23.8 Å². The van der Waals surface area contributed by atoms with Gasteiger partial charge < -0.3 is 19.3 Å². The fraction of sp³-hybridized carbons (Fsp3) is 0.941. The molecule has 0 aromatic heterocycles. The lowest BCUT2D eigenvalue weighted by Gasteiger charge is -2.71. The fourth-order valence-electron chi connectivity index (χ4n) is 11.8. The van der Waals surface area contributed by atoms with Crippen molar-refractivity contribution in [1.82, 2.24) is 0 Å². The summed E-state index contributed by atoms with van der Waals surface area (Å²) < 4.78 is 19.0. The van der Waals surface area contributed by atoms with E-state index in [9.17, 15) is 14.7 Å². The van der Waals surface area contributed by atoms with Crippen molar-refractivity contribution >= 4 is 11.9 Å². The van der Waals surface area contributed by atoms with Gasteiger partial charge in [-0.1, -0.05) is 34.6 Å². The van der Waals surface area contributed by atoms with E-state index in [2.05, 4.69) is 41.5 Å². The van der Waals surface area contributed by atoms with Crippen molar-refractivity contribution in [3.05, 3.63) is 0 Å². The summed E-state index contributed by atoms with van der Waals surface area (Å²) >= 11 is 0. The molecular formula is C34H56O6. The van der Waals surface area contributed by atoms with Gasteiger partial charge in [0.05, 0.1) is 17.3 Å². The second-order valence-corrected chi connectivity index (χ2v) is 16.6. The van der Waals surface area contributed by atoms with E-state index in [1.807, 2.05) is 13.8 Å². The SMILES string of the molecule is CC(=O)OC1CC2[C@@H](C3(C)CC[C@@H](C(C)(C)O)O3)CC[C@@]2(C)[C@]2(C)CCC3C(C)(C)[C@H](OC(C)=O)CC[C@]3(C)C12. The Labute approximate surface area is 242 Å².